The third-order valence-corrected chi connectivity index (χ3v) is 13.3. The standard InChI is InChI=1S/2C25H21ClF2N4O3/c1-13-23(26)14(2)32-24(29-13)19-10-31(11-20(19)30-32)25(34)18-8-7-17(28)9-22(18)35-12-21(33)15-3-5-16(27)6-4-15;1-13-23(26)14(2)32-24(29-13)19-10-31(11-20(19)30-32)25(34)18-8-7-17(28)9-21(18)35-22(12-33)15-3-5-16(27)6-4-15/h3-9,21,33H,10-12H2,1-2H3;3-9,22,33H,10-12H2,1-2H3. The summed E-state index contributed by atoms with van der Waals surface area (Å²) < 4.78 is 69.4. The summed E-state index contributed by atoms with van der Waals surface area (Å²) in [4.78, 5) is 39.1. The molecule has 0 fully saturated rings. The van der Waals surface area contributed by atoms with Crippen LogP contribution in [0.5, 0.6) is 11.5 Å². The molecule has 0 spiro atoms. The number of aliphatic hydroxyl groups is 2. The van der Waals surface area contributed by atoms with E-state index in [0.29, 0.717) is 55.2 Å². The molecule has 0 aliphatic carbocycles. The van der Waals surface area contributed by atoms with Gasteiger partial charge in [-0.3, -0.25) is 9.59 Å². The molecule has 360 valence electrons. The Hall–Kier alpha value is -7.12. The summed E-state index contributed by atoms with van der Waals surface area (Å²) in [6, 6.07) is 18.0. The first kappa shape index (κ1) is 47.9. The summed E-state index contributed by atoms with van der Waals surface area (Å²) in [5, 5.41) is 30.5. The molecular weight excluding hydrogens is 955 g/mol. The minimum atomic E-state index is -1.09. The van der Waals surface area contributed by atoms with Crippen LogP contribution in [0.2, 0.25) is 10.0 Å². The third kappa shape index (κ3) is 9.22. The topological polar surface area (TPSA) is 160 Å². The van der Waals surface area contributed by atoms with Gasteiger partial charge in [0.2, 0.25) is 0 Å². The fourth-order valence-electron chi connectivity index (χ4n) is 8.41. The maximum absolute atomic E-state index is 14.1. The van der Waals surface area contributed by atoms with Gasteiger partial charge < -0.3 is 29.5 Å². The number of hydrogen-bond acceptors (Lipinski definition) is 10. The molecule has 2 amide bonds. The van der Waals surface area contributed by atoms with Gasteiger partial charge in [0.15, 0.2) is 11.3 Å². The highest BCUT2D eigenvalue weighted by atomic mass is 35.5. The minimum absolute atomic E-state index is 0.00605. The van der Waals surface area contributed by atoms with Crippen LogP contribution in [0.1, 0.15) is 89.3 Å². The monoisotopic (exact) mass is 996 g/mol. The molecule has 8 aromatic rings. The van der Waals surface area contributed by atoms with E-state index < -0.39 is 42.1 Å². The van der Waals surface area contributed by atoms with E-state index in [9.17, 15) is 37.4 Å². The van der Waals surface area contributed by atoms with Crippen LogP contribution in [0.25, 0.3) is 11.3 Å². The lowest BCUT2D eigenvalue weighted by atomic mass is 10.1. The Morgan fingerprint density at radius 2 is 1.06 bits per heavy atom. The Labute approximate surface area is 407 Å². The summed E-state index contributed by atoms with van der Waals surface area (Å²) in [5.74, 6) is -2.80. The molecule has 20 heteroatoms. The Balaban J connectivity index is 0.000000174. The van der Waals surface area contributed by atoms with E-state index in [0.717, 1.165) is 34.6 Å². The predicted molar refractivity (Wildman–Crippen MR) is 249 cm³/mol. The number of halogens is 6. The van der Waals surface area contributed by atoms with Gasteiger partial charge in [0, 0.05) is 23.3 Å². The lowest BCUT2D eigenvalue weighted by Gasteiger charge is -2.22. The second-order valence-corrected chi connectivity index (χ2v) is 17.6. The van der Waals surface area contributed by atoms with Gasteiger partial charge in [-0.2, -0.15) is 10.2 Å². The van der Waals surface area contributed by atoms with Gasteiger partial charge in [-0.25, -0.2) is 36.6 Å². The highest BCUT2D eigenvalue weighted by Gasteiger charge is 2.34. The summed E-state index contributed by atoms with van der Waals surface area (Å²) in [6.45, 7) is 7.69. The largest absolute Gasteiger partial charge is 0.490 e. The molecule has 4 aromatic heterocycles. The van der Waals surface area contributed by atoms with Gasteiger partial charge in [-0.05, 0) is 87.4 Å². The lowest BCUT2D eigenvalue weighted by Crippen LogP contribution is -2.27. The van der Waals surface area contributed by atoms with Crippen molar-refractivity contribution in [3.63, 3.8) is 0 Å². The van der Waals surface area contributed by atoms with E-state index in [-0.39, 0.29) is 67.2 Å². The molecule has 0 saturated carbocycles. The van der Waals surface area contributed by atoms with E-state index in [1.165, 1.54) is 72.8 Å². The van der Waals surface area contributed by atoms with Crippen molar-refractivity contribution in [1.29, 1.82) is 0 Å². The Morgan fingerprint density at radius 3 is 1.53 bits per heavy atom. The van der Waals surface area contributed by atoms with E-state index in [4.69, 9.17) is 32.7 Å². The van der Waals surface area contributed by atoms with Crippen molar-refractivity contribution in [3.05, 3.63) is 186 Å². The SMILES string of the molecule is Cc1nc2c3c(nn2c(C)c1Cl)CN(C(=O)c1ccc(F)cc1OC(CO)c1ccc(F)cc1)C3.Cc1nc2c3c(nn2c(C)c1Cl)CN(C(=O)c1ccc(F)cc1OCC(O)c1ccc(F)cc1)C3. The normalized spacial score (nSPS) is 13.8. The molecule has 0 radical (unpaired) electrons. The van der Waals surface area contributed by atoms with E-state index in [1.54, 1.807) is 18.8 Å². The van der Waals surface area contributed by atoms with Crippen LogP contribution in [-0.4, -0.2) is 74.2 Å². The molecule has 0 saturated heterocycles. The minimum Gasteiger partial charge on any atom is -0.490 e. The van der Waals surface area contributed by atoms with Crippen LogP contribution in [0.15, 0.2) is 84.9 Å². The molecule has 70 heavy (non-hydrogen) atoms. The fraction of sp³-hybridized carbons (Fsp3) is 0.240. The first-order valence-electron chi connectivity index (χ1n) is 21.8. The molecule has 10 rings (SSSR count). The van der Waals surface area contributed by atoms with Gasteiger partial charge >= 0.3 is 0 Å². The number of hydrogen-bond donors (Lipinski definition) is 2. The molecule has 6 heterocycles. The average molecular weight is 998 g/mol. The molecule has 2 atom stereocenters. The van der Waals surface area contributed by atoms with Crippen LogP contribution in [0.4, 0.5) is 17.6 Å². The third-order valence-electron chi connectivity index (χ3n) is 12.2. The van der Waals surface area contributed by atoms with Crippen LogP contribution >= 0.6 is 23.2 Å². The van der Waals surface area contributed by atoms with Crippen molar-refractivity contribution in [2.24, 2.45) is 0 Å². The predicted octanol–water partition coefficient (Wildman–Crippen LogP) is 9.09. The molecule has 2 N–H and O–H groups in total. The quantitative estimate of drug-likeness (QED) is 0.127. The Morgan fingerprint density at radius 1 is 0.629 bits per heavy atom. The lowest BCUT2D eigenvalue weighted by molar-refractivity contribution is 0.0726. The highest BCUT2D eigenvalue weighted by Crippen LogP contribution is 2.35. The number of amides is 2. The molecule has 2 unspecified atom stereocenters. The van der Waals surface area contributed by atoms with Crippen molar-refractivity contribution in [2.75, 3.05) is 13.2 Å². The van der Waals surface area contributed by atoms with Gasteiger partial charge in [-0.15, -0.1) is 0 Å². The number of aliphatic hydroxyl groups excluding tert-OH is 2. The first-order valence-corrected chi connectivity index (χ1v) is 22.6. The second kappa shape index (κ2) is 19.3. The number of carbonyl (C=O) groups excluding carboxylic acids is 2. The van der Waals surface area contributed by atoms with E-state index in [1.807, 2.05) is 27.7 Å². The van der Waals surface area contributed by atoms with E-state index in [2.05, 4.69) is 20.2 Å². The van der Waals surface area contributed by atoms with Gasteiger partial charge in [0.05, 0.1) is 88.1 Å². The van der Waals surface area contributed by atoms with E-state index >= 15 is 0 Å². The number of carbonyl (C=O) groups is 2. The number of rotatable bonds is 10. The number of fused-ring (bicyclic) bond motifs is 6. The van der Waals surface area contributed by atoms with Crippen molar-refractivity contribution >= 4 is 46.3 Å². The van der Waals surface area contributed by atoms with Crippen LogP contribution in [-0.2, 0) is 26.2 Å². The molecule has 2 aliphatic rings. The van der Waals surface area contributed by atoms with Crippen LogP contribution in [0, 0.1) is 51.0 Å². The number of benzene rings is 4. The van der Waals surface area contributed by atoms with Crippen molar-refractivity contribution < 1.29 is 46.8 Å². The zero-order valence-electron chi connectivity index (χ0n) is 37.9. The summed E-state index contributed by atoms with van der Waals surface area (Å²) in [6.07, 6.45) is -2.00. The molecular formula is C50H42Cl2F4N8O6. The molecule has 14 nitrogen and oxygen atoms in total. The smallest absolute Gasteiger partial charge is 0.258 e. The van der Waals surface area contributed by atoms with Crippen LogP contribution in [0.3, 0.4) is 0 Å². The van der Waals surface area contributed by atoms with Crippen molar-refractivity contribution in [2.45, 2.75) is 66.1 Å². The Bertz CT molecular complexity index is 3350. The maximum Gasteiger partial charge on any atom is 0.258 e. The fourth-order valence-corrected chi connectivity index (χ4v) is 8.65. The number of aromatic nitrogens is 6. The van der Waals surface area contributed by atoms with Crippen molar-refractivity contribution in [3.8, 4) is 11.5 Å². The zero-order chi connectivity index (χ0) is 49.7. The summed E-state index contributed by atoms with van der Waals surface area (Å²) >= 11 is 12.6. The molecule has 2 aliphatic heterocycles. The maximum atomic E-state index is 14.1. The number of nitrogens with zero attached hydrogens (tertiary/aromatic N) is 8. The zero-order valence-corrected chi connectivity index (χ0v) is 39.4. The summed E-state index contributed by atoms with van der Waals surface area (Å²) in [5.41, 5.74) is 8.48. The summed E-state index contributed by atoms with van der Waals surface area (Å²) in [7, 11) is 0. The van der Waals surface area contributed by atoms with Crippen LogP contribution < -0.4 is 9.47 Å². The van der Waals surface area contributed by atoms with Gasteiger partial charge in [-0.1, -0.05) is 47.5 Å². The number of aryl methyl sites for hydroxylation is 4. The Kier molecular flexibility index (Phi) is 13.2. The second-order valence-electron chi connectivity index (χ2n) is 16.8. The molecule has 0 bridgehead atoms. The first-order chi connectivity index (χ1) is 33.5. The van der Waals surface area contributed by atoms with Gasteiger partial charge in [0.1, 0.15) is 53.6 Å². The average Bonchev–Trinajstić information content (AvgIpc) is 4.13. The highest BCUT2D eigenvalue weighted by molar-refractivity contribution is 6.32. The van der Waals surface area contributed by atoms with Crippen molar-refractivity contribution in [1.82, 2.24) is 39.0 Å². The number of ether oxygens (including phenoxy) is 2. The molecule has 4 aromatic carbocycles. The van der Waals surface area contributed by atoms with Gasteiger partial charge in [0.25, 0.3) is 11.8 Å².